The maximum Gasteiger partial charge on any atom is 0.297 e. The Kier molecular flexibility index (Phi) is 8.47. The summed E-state index contributed by atoms with van der Waals surface area (Å²) in [6.45, 7) is 7.19. The minimum absolute atomic E-state index is 0.0698. The highest BCUT2D eigenvalue weighted by Gasteiger charge is 2.33. The molecule has 0 aliphatic heterocycles. The summed E-state index contributed by atoms with van der Waals surface area (Å²) in [4.78, 5) is 36.0. The van der Waals surface area contributed by atoms with Gasteiger partial charge in [0, 0.05) is 27.4 Å². The number of nitrogens with zero attached hydrogens (tertiary/aromatic N) is 3. The first-order valence-corrected chi connectivity index (χ1v) is 15.1. The summed E-state index contributed by atoms with van der Waals surface area (Å²) in [6, 6.07) is 16.2. The molecule has 1 atom stereocenters. The Hall–Kier alpha value is -2.98. The number of aromatic nitrogens is 2. The predicted molar refractivity (Wildman–Crippen MR) is 165 cm³/mol. The molecule has 40 heavy (non-hydrogen) atoms. The lowest BCUT2D eigenvalue weighted by atomic mass is 9.99. The molecule has 0 spiro atoms. The van der Waals surface area contributed by atoms with Gasteiger partial charge >= 0.3 is 0 Å². The van der Waals surface area contributed by atoms with Crippen molar-refractivity contribution in [2.45, 2.75) is 39.8 Å². The Morgan fingerprint density at radius 2 is 1.93 bits per heavy atom. The normalized spacial score (nSPS) is 12.5. The number of halogens is 2. The van der Waals surface area contributed by atoms with Crippen LogP contribution in [0.2, 0.25) is 5.02 Å². The van der Waals surface area contributed by atoms with Gasteiger partial charge in [-0.25, -0.2) is 4.98 Å². The molecule has 0 saturated heterocycles. The molecule has 208 valence electrons. The fourth-order valence-electron chi connectivity index (χ4n) is 4.97. The van der Waals surface area contributed by atoms with Crippen molar-refractivity contribution in [2.24, 2.45) is 11.7 Å². The Bertz CT molecular complexity index is 1740. The van der Waals surface area contributed by atoms with E-state index in [0.717, 1.165) is 14.2 Å². The van der Waals surface area contributed by atoms with E-state index in [1.807, 2.05) is 62.1 Å². The number of fused-ring (bicyclic) bond motifs is 3. The second kappa shape index (κ2) is 11.9. The third-order valence-corrected chi connectivity index (χ3v) is 8.75. The molecule has 10 heteroatoms. The van der Waals surface area contributed by atoms with Crippen LogP contribution in [0.1, 0.15) is 52.9 Å². The number of carbonyl (C=O) groups is 1. The van der Waals surface area contributed by atoms with E-state index < -0.39 is 6.04 Å². The Labute approximate surface area is 249 Å². The number of amides is 1. The van der Waals surface area contributed by atoms with Crippen molar-refractivity contribution < 1.29 is 9.21 Å². The van der Waals surface area contributed by atoms with Crippen LogP contribution in [0.15, 0.2) is 67.6 Å². The average Bonchev–Trinajstić information content (AvgIpc) is 3.50. The number of aryl methyl sites for hydroxylation is 1. The largest absolute Gasteiger partial charge is 0.448 e. The Balaban J connectivity index is 1.76. The van der Waals surface area contributed by atoms with Gasteiger partial charge in [-0.05, 0) is 84.2 Å². The van der Waals surface area contributed by atoms with Gasteiger partial charge in [0.1, 0.15) is 16.9 Å². The van der Waals surface area contributed by atoms with Crippen molar-refractivity contribution in [1.82, 2.24) is 14.5 Å². The minimum Gasteiger partial charge on any atom is -0.448 e. The highest BCUT2D eigenvalue weighted by molar-refractivity contribution is 9.11. The van der Waals surface area contributed by atoms with Crippen LogP contribution in [-0.4, -0.2) is 33.4 Å². The van der Waals surface area contributed by atoms with Crippen LogP contribution in [0.3, 0.4) is 0 Å². The van der Waals surface area contributed by atoms with E-state index in [2.05, 4.69) is 15.9 Å². The Morgan fingerprint density at radius 3 is 2.58 bits per heavy atom. The van der Waals surface area contributed by atoms with Gasteiger partial charge in [-0.15, -0.1) is 11.3 Å². The molecule has 7 nitrogen and oxygen atoms in total. The number of benzene rings is 2. The maximum atomic E-state index is 14.1. The molecule has 2 N–H and O–H groups in total. The van der Waals surface area contributed by atoms with Gasteiger partial charge in [-0.1, -0.05) is 43.1 Å². The van der Waals surface area contributed by atoms with Gasteiger partial charge in [0.05, 0.1) is 16.4 Å². The highest BCUT2D eigenvalue weighted by atomic mass is 79.9. The fourth-order valence-corrected chi connectivity index (χ4v) is 6.62. The molecule has 0 aliphatic rings. The Morgan fingerprint density at radius 1 is 1.18 bits per heavy atom. The number of carbonyl (C=O) groups excluding carboxylic acids is 1. The molecule has 5 rings (SSSR count). The lowest BCUT2D eigenvalue weighted by molar-refractivity contribution is 0.0603. The fraction of sp³-hybridized carbons (Fsp3) is 0.300. The molecular weight excluding hydrogens is 612 g/mol. The first kappa shape index (κ1) is 28.5. The zero-order valence-electron chi connectivity index (χ0n) is 22.5. The van der Waals surface area contributed by atoms with Crippen LogP contribution in [0.5, 0.6) is 0 Å². The topological polar surface area (TPSA) is 94.4 Å². The van der Waals surface area contributed by atoms with E-state index in [4.69, 9.17) is 26.7 Å². The van der Waals surface area contributed by atoms with E-state index >= 15 is 0 Å². The van der Waals surface area contributed by atoms with Crippen molar-refractivity contribution in [3.05, 3.63) is 95.6 Å². The van der Waals surface area contributed by atoms with Crippen molar-refractivity contribution in [2.75, 3.05) is 13.1 Å². The quantitative estimate of drug-likeness (QED) is 0.184. The molecule has 2 aromatic carbocycles. The van der Waals surface area contributed by atoms with Crippen LogP contribution in [0.4, 0.5) is 0 Å². The van der Waals surface area contributed by atoms with Gasteiger partial charge in [0.25, 0.3) is 11.5 Å². The van der Waals surface area contributed by atoms with Crippen LogP contribution < -0.4 is 11.3 Å². The van der Waals surface area contributed by atoms with Gasteiger partial charge < -0.3 is 15.1 Å². The van der Waals surface area contributed by atoms with Crippen LogP contribution in [0.25, 0.3) is 22.1 Å². The number of hydrogen-bond donors (Lipinski definition) is 1. The molecule has 0 radical (unpaired) electrons. The van der Waals surface area contributed by atoms with E-state index in [0.29, 0.717) is 52.4 Å². The zero-order chi connectivity index (χ0) is 28.6. The van der Waals surface area contributed by atoms with Crippen LogP contribution in [0, 0.1) is 12.8 Å². The third kappa shape index (κ3) is 5.61. The molecule has 0 fully saturated rings. The summed E-state index contributed by atoms with van der Waals surface area (Å²) in [7, 11) is 0. The van der Waals surface area contributed by atoms with Crippen LogP contribution >= 0.6 is 38.9 Å². The number of nitrogens with two attached hydrogens (primary N) is 1. The van der Waals surface area contributed by atoms with Crippen molar-refractivity contribution in [3.63, 3.8) is 0 Å². The SMILES string of the molecule is Cc1ccc(C(=O)N(CCCN)C(c2nc3c(oc4ccc(Cl)cc43)c(=O)n2Cc2ccc(Br)s2)C(C)C)cc1. The minimum atomic E-state index is -0.509. The van der Waals surface area contributed by atoms with Gasteiger partial charge in [0.2, 0.25) is 5.58 Å². The van der Waals surface area contributed by atoms with Crippen molar-refractivity contribution in [3.8, 4) is 0 Å². The number of thiophene rings is 1. The number of hydrogen-bond acceptors (Lipinski definition) is 6. The van der Waals surface area contributed by atoms with E-state index in [1.54, 1.807) is 34.1 Å². The summed E-state index contributed by atoms with van der Waals surface area (Å²) < 4.78 is 8.62. The first-order valence-electron chi connectivity index (χ1n) is 13.1. The number of furan rings is 1. The van der Waals surface area contributed by atoms with Gasteiger partial charge in [0.15, 0.2) is 0 Å². The maximum absolute atomic E-state index is 14.1. The summed E-state index contributed by atoms with van der Waals surface area (Å²) in [5.74, 6) is 0.295. The molecule has 0 bridgehead atoms. The van der Waals surface area contributed by atoms with Gasteiger partial charge in [-0.3, -0.25) is 14.2 Å². The number of rotatable bonds is 9. The molecular formula is C30H30BrClN4O3S. The summed E-state index contributed by atoms with van der Waals surface area (Å²) in [5, 5.41) is 1.18. The zero-order valence-corrected chi connectivity index (χ0v) is 25.6. The van der Waals surface area contributed by atoms with Crippen LogP contribution in [-0.2, 0) is 6.54 Å². The predicted octanol–water partition coefficient (Wildman–Crippen LogP) is 7.17. The molecule has 5 aromatic rings. The summed E-state index contributed by atoms with van der Waals surface area (Å²) in [5.41, 5.74) is 8.38. The molecule has 0 saturated carbocycles. The molecule has 3 aromatic heterocycles. The third-order valence-electron chi connectivity index (χ3n) is 6.90. The molecule has 1 amide bonds. The standard InChI is InChI=1S/C30H30BrClN4O3S/c1-17(2)26(35(14-4-13-33)29(37)19-7-5-18(3)6-8-19)28-34-25-22-15-20(32)9-11-23(22)39-27(25)30(38)36(28)16-21-10-12-24(31)40-21/h5-12,15,17,26H,4,13-14,16,33H2,1-3H3. The monoisotopic (exact) mass is 640 g/mol. The van der Waals surface area contributed by atoms with Crippen molar-refractivity contribution in [1.29, 1.82) is 0 Å². The second-order valence-corrected chi connectivity index (χ2v) is 13.2. The molecule has 0 aliphatic carbocycles. The molecule has 3 heterocycles. The smallest absolute Gasteiger partial charge is 0.297 e. The van der Waals surface area contributed by atoms with E-state index in [-0.39, 0.29) is 29.5 Å². The molecule has 1 unspecified atom stereocenters. The first-order chi connectivity index (χ1) is 19.2. The van der Waals surface area contributed by atoms with Crippen molar-refractivity contribution >= 4 is 66.8 Å². The highest BCUT2D eigenvalue weighted by Crippen LogP contribution is 2.34. The lowest BCUT2D eigenvalue weighted by Gasteiger charge is -2.35. The summed E-state index contributed by atoms with van der Waals surface area (Å²) in [6.07, 6.45) is 0.607. The average molecular weight is 642 g/mol. The second-order valence-electron chi connectivity index (χ2n) is 10.2. The van der Waals surface area contributed by atoms with Gasteiger partial charge in [-0.2, -0.15) is 0 Å². The lowest BCUT2D eigenvalue weighted by Crippen LogP contribution is -2.42. The van der Waals surface area contributed by atoms with E-state index in [1.165, 1.54) is 0 Å². The van der Waals surface area contributed by atoms with E-state index in [9.17, 15) is 9.59 Å². The summed E-state index contributed by atoms with van der Waals surface area (Å²) >= 11 is 11.4.